The van der Waals surface area contributed by atoms with Crippen molar-refractivity contribution < 1.29 is 14.3 Å². The van der Waals surface area contributed by atoms with Gasteiger partial charge >= 0.3 is 5.97 Å². The molecule has 0 heterocycles. The number of ketones is 1. The van der Waals surface area contributed by atoms with Crippen LogP contribution < -0.4 is 0 Å². The molecule has 5 unspecified atom stereocenters. The molecule has 0 saturated heterocycles. The molecule has 3 nitrogen and oxygen atoms in total. The zero-order valence-electron chi connectivity index (χ0n) is 21.7. The van der Waals surface area contributed by atoms with Gasteiger partial charge in [-0.15, -0.1) is 0 Å². The van der Waals surface area contributed by atoms with Crippen LogP contribution in [0.1, 0.15) is 92.2 Å². The number of Topliss-reactive ketones (excluding diaryl/α,β-unsaturated/α-hetero) is 1. The maximum absolute atomic E-state index is 13.7. The number of hydrogen-bond donors (Lipinski definition) is 0. The van der Waals surface area contributed by atoms with Crippen molar-refractivity contribution in [1.82, 2.24) is 0 Å². The molecule has 5 atom stereocenters. The lowest BCUT2D eigenvalue weighted by atomic mass is 9.79. The van der Waals surface area contributed by atoms with E-state index < -0.39 is 5.60 Å². The third-order valence-corrected chi connectivity index (χ3v) is 7.08. The van der Waals surface area contributed by atoms with Gasteiger partial charge < -0.3 is 4.74 Å². The van der Waals surface area contributed by atoms with Crippen molar-refractivity contribution in [3.63, 3.8) is 0 Å². The minimum atomic E-state index is -0.512. The van der Waals surface area contributed by atoms with Crippen LogP contribution in [0, 0.1) is 29.6 Å². The quantitative estimate of drug-likeness (QED) is 0.303. The summed E-state index contributed by atoms with van der Waals surface area (Å²) in [5.41, 5.74) is 3.17. The Kier molecular flexibility index (Phi) is 8.90. The molecule has 3 heteroatoms. The predicted molar refractivity (Wildman–Crippen MR) is 133 cm³/mol. The molecule has 32 heavy (non-hydrogen) atoms. The van der Waals surface area contributed by atoms with Gasteiger partial charge in [0.2, 0.25) is 0 Å². The third-order valence-electron chi connectivity index (χ3n) is 7.08. The summed E-state index contributed by atoms with van der Waals surface area (Å²) in [4.78, 5) is 26.2. The monoisotopic (exact) mass is 440 g/mol. The van der Waals surface area contributed by atoms with Crippen LogP contribution in [-0.2, 0) is 20.7 Å². The van der Waals surface area contributed by atoms with Crippen molar-refractivity contribution in [2.24, 2.45) is 29.6 Å². The van der Waals surface area contributed by atoms with Crippen LogP contribution in [0.25, 0.3) is 0 Å². The minimum absolute atomic E-state index is 0.195. The molecule has 1 aliphatic carbocycles. The smallest absolute Gasteiger partial charge is 0.309 e. The summed E-state index contributed by atoms with van der Waals surface area (Å²) in [7, 11) is 0. The molecular formula is C29H44O3. The maximum atomic E-state index is 13.7. The zero-order chi connectivity index (χ0) is 24.2. The Morgan fingerprint density at radius 1 is 1.06 bits per heavy atom. The van der Waals surface area contributed by atoms with Gasteiger partial charge in [0, 0.05) is 5.92 Å². The Bertz CT molecular complexity index is 827. The summed E-state index contributed by atoms with van der Waals surface area (Å²) in [6.45, 7) is 18.4. The highest BCUT2D eigenvalue weighted by Crippen LogP contribution is 2.43. The molecule has 0 spiro atoms. The van der Waals surface area contributed by atoms with E-state index in [1.807, 2.05) is 34.6 Å². The van der Waals surface area contributed by atoms with E-state index in [9.17, 15) is 9.59 Å². The van der Waals surface area contributed by atoms with E-state index in [1.54, 1.807) is 0 Å². The highest BCUT2D eigenvalue weighted by molar-refractivity contribution is 5.98. The number of benzene rings is 1. The lowest BCUT2D eigenvalue weighted by molar-refractivity contribution is -0.159. The van der Waals surface area contributed by atoms with Gasteiger partial charge in [-0.05, 0) is 80.4 Å². The second-order valence-electron chi connectivity index (χ2n) is 11.4. The molecule has 0 aliphatic heterocycles. The summed E-state index contributed by atoms with van der Waals surface area (Å²) in [5, 5.41) is 0. The molecule has 0 N–H and O–H groups in total. The largest absolute Gasteiger partial charge is 0.460 e. The van der Waals surface area contributed by atoms with Gasteiger partial charge in [-0.2, -0.15) is 0 Å². The van der Waals surface area contributed by atoms with Crippen molar-refractivity contribution in [2.75, 3.05) is 0 Å². The Balaban J connectivity index is 2.23. The van der Waals surface area contributed by atoms with Crippen LogP contribution in [-0.4, -0.2) is 17.4 Å². The van der Waals surface area contributed by atoms with E-state index in [-0.39, 0.29) is 29.5 Å². The fourth-order valence-corrected chi connectivity index (χ4v) is 4.61. The second-order valence-corrected chi connectivity index (χ2v) is 11.4. The van der Waals surface area contributed by atoms with Crippen LogP contribution in [0.3, 0.4) is 0 Å². The van der Waals surface area contributed by atoms with Crippen LogP contribution in [0.2, 0.25) is 0 Å². The predicted octanol–water partition coefficient (Wildman–Crippen LogP) is 7.14. The molecule has 0 amide bonds. The van der Waals surface area contributed by atoms with E-state index >= 15 is 0 Å². The van der Waals surface area contributed by atoms with Gasteiger partial charge in [-0.1, -0.05) is 71.9 Å². The molecule has 178 valence electrons. The van der Waals surface area contributed by atoms with E-state index in [1.165, 1.54) is 11.1 Å². The van der Waals surface area contributed by atoms with E-state index in [0.29, 0.717) is 24.2 Å². The number of allylic oxidation sites excluding steroid dienone is 2. The maximum Gasteiger partial charge on any atom is 0.309 e. The van der Waals surface area contributed by atoms with Gasteiger partial charge in [0.25, 0.3) is 0 Å². The normalized spacial score (nSPS) is 21.8. The van der Waals surface area contributed by atoms with Crippen LogP contribution in [0.15, 0.2) is 35.9 Å². The van der Waals surface area contributed by atoms with E-state index in [4.69, 9.17) is 4.74 Å². The highest BCUT2D eigenvalue weighted by atomic mass is 16.6. The van der Waals surface area contributed by atoms with Gasteiger partial charge in [0.05, 0.1) is 5.92 Å². The lowest BCUT2D eigenvalue weighted by Crippen LogP contribution is -2.30. The van der Waals surface area contributed by atoms with Crippen molar-refractivity contribution in [2.45, 2.75) is 93.1 Å². The molecule has 1 aliphatic rings. The highest BCUT2D eigenvalue weighted by Gasteiger charge is 2.36. The Labute approximate surface area is 196 Å². The summed E-state index contributed by atoms with van der Waals surface area (Å²) in [6.07, 6.45) is 4.56. The fourth-order valence-electron chi connectivity index (χ4n) is 4.61. The molecule has 1 aromatic rings. The van der Waals surface area contributed by atoms with E-state index in [2.05, 4.69) is 58.0 Å². The van der Waals surface area contributed by atoms with Gasteiger partial charge in [0.1, 0.15) is 5.60 Å². The molecule has 1 aromatic carbocycles. The summed E-state index contributed by atoms with van der Waals surface area (Å²) >= 11 is 0. The molecule has 0 aromatic heterocycles. The molecule has 0 bridgehead atoms. The first-order valence-corrected chi connectivity index (χ1v) is 12.4. The average molecular weight is 441 g/mol. The third kappa shape index (κ3) is 6.80. The van der Waals surface area contributed by atoms with Gasteiger partial charge in [-0.25, -0.2) is 0 Å². The van der Waals surface area contributed by atoms with Crippen molar-refractivity contribution in [3.05, 3.63) is 47.0 Å². The lowest BCUT2D eigenvalue weighted by Gasteiger charge is -2.26. The van der Waals surface area contributed by atoms with Gasteiger partial charge in [-0.3, -0.25) is 9.59 Å². The Morgan fingerprint density at radius 2 is 1.69 bits per heavy atom. The topological polar surface area (TPSA) is 43.4 Å². The fraction of sp³-hybridized carbons (Fsp3) is 0.655. The Hall–Kier alpha value is -1.90. The summed E-state index contributed by atoms with van der Waals surface area (Å²) < 4.78 is 5.54. The van der Waals surface area contributed by atoms with Crippen molar-refractivity contribution >= 4 is 11.8 Å². The zero-order valence-corrected chi connectivity index (χ0v) is 21.7. The number of fused-ring (bicyclic) bond motifs is 1. The van der Waals surface area contributed by atoms with Crippen molar-refractivity contribution in [1.29, 1.82) is 0 Å². The van der Waals surface area contributed by atoms with Gasteiger partial charge in [0.15, 0.2) is 5.78 Å². The molecular weight excluding hydrogens is 396 g/mol. The Morgan fingerprint density at radius 3 is 2.25 bits per heavy atom. The number of hydrogen-bond acceptors (Lipinski definition) is 3. The summed E-state index contributed by atoms with van der Waals surface area (Å²) in [6, 6.07) is 8.57. The number of rotatable bonds is 9. The van der Waals surface area contributed by atoms with Crippen LogP contribution >= 0.6 is 0 Å². The molecule has 0 fully saturated rings. The van der Waals surface area contributed by atoms with E-state index in [0.717, 1.165) is 18.4 Å². The first kappa shape index (κ1) is 26.4. The standard InChI is InChI=1S/C29H44O3/c1-18(2)19(3)14-15-25(26-17-23-12-10-11-13-24(23)22(26)6)27(30)20(4)16-21(5)28(31)32-29(7,8)9/h10-13,15,18-22,26H,14,16-17H2,1-9H3. The first-order valence-electron chi connectivity index (χ1n) is 12.4. The molecule has 2 rings (SSSR count). The SMILES string of the molecule is CC(CC(C)C(=O)C(=CCC(C)C(C)C)C1Cc2ccccc2C1C)C(=O)OC(C)(C)C. The van der Waals surface area contributed by atoms with Crippen LogP contribution in [0.5, 0.6) is 0 Å². The number of ether oxygens (including phenoxy) is 1. The number of esters is 1. The second kappa shape index (κ2) is 10.8. The number of carbonyl (C=O) groups is 2. The average Bonchev–Trinajstić information content (AvgIpc) is 3.03. The minimum Gasteiger partial charge on any atom is -0.460 e. The van der Waals surface area contributed by atoms with Crippen molar-refractivity contribution in [3.8, 4) is 0 Å². The number of carbonyl (C=O) groups excluding carboxylic acids is 2. The molecule has 0 saturated carbocycles. The molecule has 0 radical (unpaired) electrons. The first-order chi connectivity index (χ1) is 14.8. The van der Waals surface area contributed by atoms with Crippen LogP contribution in [0.4, 0.5) is 0 Å². The summed E-state index contributed by atoms with van der Waals surface area (Å²) in [5.74, 6) is 1.08.